The first-order chi connectivity index (χ1) is 21.1. The predicted octanol–water partition coefficient (Wildman–Crippen LogP) is 5.79. The summed E-state index contributed by atoms with van der Waals surface area (Å²) in [6, 6.07) is 16.6. The molecule has 0 aliphatic carbocycles. The Hall–Kier alpha value is -4.68. The fourth-order valence-electron chi connectivity index (χ4n) is 5.41. The monoisotopic (exact) mass is 618 g/mol. The van der Waals surface area contributed by atoms with Crippen LogP contribution in [0.2, 0.25) is 0 Å². The molecule has 1 saturated heterocycles. The van der Waals surface area contributed by atoms with Gasteiger partial charge in [-0.3, -0.25) is 19.3 Å². The number of thiazole rings is 1. The number of halogens is 2. The lowest BCUT2D eigenvalue weighted by atomic mass is 10.0. The molecule has 226 valence electrons. The van der Waals surface area contributed by atoms with Gasteiger partial charge >= 0.3 is 5.97 Å². The maximum Gasteiger partial charge on any atom is 0.323 e. The van der Waals surface area contributed by atoms with Gasteiger partial charge in [0, 0.05) is 35.2 Å². The highest BCUT2D eigenvalue weighted by Gasteiger charge is 2.48. The van der Waals surface area contributed by atoms with Crippen molar-refractivity contribution >= 4 is 34.8 Å². The van der Waals surface area contributed by atoms with Gasteiger partial charge in [-0.05, 0) is 42.3 Å². The largest absolute Gasteiger partial charge is 0.468 e. The molecule has 2 aliphatic heterocycles. The van der Waals surface area contributed by atoms with Crippen LogP contribution in [0, 0.1) is 6.92 Å². The number of para-hydroxylation sites is 1. The maximum absolute atomic E-state index is 14.0. The predicted molar refractivity (Wildman–Crippen MR) is 160 cm³/mol. The molecule has 2 amide bonds. The molecule has 0 unspecified atom stereocenters. The van der Waals surface area contributed by atoms with Crippen LogP contribution in [0.15, 0.2) is 66.9 Å². The zero-order chi connectivity index (χ0) is 31.0. The standard InChI is InChI=1S/C32H28F2N4O5S/c1-18-22(11-12-26-27(18)37-29(40)23-5-3-4-6-25(23)43-26)28(39)35-14-21-15-36-30(44-21)20-9-7-19(8-10-20)16-38-17-32(33,34)13-24(38)31(41)42-2/h3-12,15,24H,13-14,16-17H2,1-2H3,(H,35,39)(H,37,40)/t24-/m0/s1. The van der Waals surface area contributed by atoms with Gasteiger partial charge in [0.15, 0.2) is 5.75 Å². The molecule has 4 aromatic rings. The van der Waals surface area contributed by atoms with Gasteiger partial charge in [-0.25, -0.2) is 13.8 Å². The summed E-state index contributed by atoms with van der Waals surface area (Å²) in [6.45, 7) is 1.69. The topological polar surface area (TPSA) is 110 Å². The van der Waals surface area contributed by atoms with Gasteiger partial charge in [0.2, 0.25) is 0 Å². The van der Waals surface area contributed by atoms with Crippen molar-refractivity contribution < 1.29 is 32.6 Å². The van der Waals surface area contributed by atoms with E-state index in [0.29, 0.717) is 33.9 Å². The summed E-state index contributed by atoms with van der Waals surface area (Å²) in [5.41, 5.74) is 3.47. The number of alkyl halides is 2. The van der Waals surface area contributed by atoms with E-state index in [-0.39, 0.29) is 24.9 Å². The van der Waals surface area contributed by atoms with E-state index in [4.69, 9.17) is 9.47 Å². The van der Waals surface area contributed by atoms with Gasteiger partial charge in [0.25, 0.3) is 17.7 Å². The second kappa shape index (κ2) is 11.8. The third kappa shape index (κ3) is 5.90. The molecule has 3 aromatic carbocycles. The first-order valence-electron chi connectivity index (χ1n) is 13.9. The van der Waals surface area contributed by atoms with E-state index in [1.54, 1.807) is 49.5 Å². The highest BCUT2D eigenvalue weighted by molar-refractivity contribution is 7.15. The fourth-order valence-corrected chi connectivity index (χ4v) is 6.26. The van der Waals surface area contributed by atoms with E-state index in [1.807, 2.05) is 24.3 Å². The molecule has 2 aliphatic rings. The second-order valence-electron chi connectivity index (χ2n) is 10.7. The van der Waals surface area contributed by atoms with Crippen LogP contribution >= 0.6 is 11.3 Å². The van der Waals surface area contributed by atoms with E-state index < -0.39 is 30.9 Å². The van der Waals surface area contributed by atoms with Crippen molar-refractivity contribution in [3.05, 3.63) is 94.0 Å². The molecule has 3 heterocycles. The molecular weight excluding hydrogens is 590 g/mol. The number of esters is 1. The maximum atomic E-state index is 14.0. The SMILES string of the molecule is COC(=O)[C@@H]1CC(F)(F)CN1Cc1ccc(-c2ncc(CNC(=O)c3ccc4c(c3C)NC(=O)c3ccccc3O4)s2)cc1. The molecule has 0 radical (unpaired) electrons. The number of aromatic nitrogens is 1. The minimum Gasteiger partial charge on any atom is -0.468 e. The zero-order valence-corrected chi connectivity index (χ0v) is 24.7. The lowest BCUT2D eigenvalue weighted by molar-refractivity contribution is -0.146. The van der Waals surface area contributed by atoms with Gasteiger partial charge in [0.05, 0.1) is 31.5 Å². The number of nitrogens with one attached hydrogen (secondary N) is 2. The number of methoxy groups -OCH3 is 1. The van der Waals surface area contributed by atoms with Crippen LogP contribution in [0.25, 0.3) is 10.6 Å². The van der Waals surface area contributed by atoms with Crippen molar-refractivity contribution in [2.75, 3.05) is 19.0 Å². The van der Waals surface area contributed by atoms with E-state index in [9.17, 15) is 23.2 Å². The van der Waals surface area contributed by atoms with E-state index in [1.165, 1.54) is 23.3 Å². The first-order valence-corrected chi connectivity index (χ1v) is 14.7. The molecule has 0 spiro atoms. The van der Waals surface area contributed by atoms with Crippen LogP contribution < -0.4 is 15.4 Å². The number of likely N-dealkylation sites (tertiary alicyclic amines) is 1. The number of amides is 2. The molecule has 0 bridgehead atoms. The summed E-state index contributed by atoms with van der Waals surface area (Å²) in [6.07, 6.45) is 1.14. The first kappa shape index (κ1) is 29.4. The number of hydrogen-bond acceptors (Lipinski definition) is 8. The Kier molecular flexibility index (Phi) is 7.87. The summed E-state index contributed by atoms with van der Waals surface area (Å²) in [5, 5.41) is 6.52. The van der Waals surface area contributed by atoms with Crippen LogP contribution in [-0.2, 0) is 22.6 Å². The molecule has 1 fully saturated rings. The molecule has 12 heteroatoms. The van der Waals surface area contributed by atoms with Crippen LogP contribution in [0.3, 0.4) is 0 Å². The van der Waals surface area contributed by atoms with Crippen LogP contribution in [0.5, 0.6) is 11.5 Å². The summed E-state index contributed by atoms with van der Waals surface area (Å²) < 4.78 is 38.7. The van der Waals surface area contributed by atoms with Crippen LogP contribution in [0.1, 0.15) is 43.1 Å². The number of fused-ring (bicyclic) bond motifs is 2. The van der Waals surface area contributed by atoms with E-state index in [0.717, 1.165) is 21.0 Å². The minimum absolute atomic E-state index is 0.190. The number of carbonyl (C=O) groups excluding carboxylic acids is 3. The normalized spacial score (nSPS) is 17.1. The Labute approximate surface area is 255 Å². The van der Waals surface area contributed by atoms with Crippen molar-refractivity contribution in [1.82, 2.24) is 15.2 Å². The van der Waals surface area contributed by atoms with Crippen molar-refractivity contribution in [2.45, 2.75) is 38.4 Å². The highest BCUT2D eigenvalue weighted by Crippen LogP contribution is 2.39. The van der Waals surface area contributed by atoms with Gasteiger partial charge < -0.3 is 20.1 Å². The van der Waals surface area contributed by atoms with Gasteiger partial charge in [-0.2, -0.15) is 0 Å². The average molecular weight is 619 g/mol. The highest BCUT2D eigenvalue weighted by atomic mass is 32.1. The van der Waals surface area contributed by atoms with Crippen LogP contribution in [0.4, 0.5) is 14.5 Å². The smallest absolute Gasteiger partial charge is 0.323 e. The molecule has 1 aromatic heterocycles. The van der Waals surface area contributed by atoms with Crippen molar-refractivity contribution in [3.8, 4) is 22.1 Å². The van der Waals surface area contributed by atoms with E-state index in [2.05, 4.69) is 15.6 Å². The van der Waals surface area contributed by atoms with Gasteiger partial charge in [-0.1, -0.05) is 36.4 Å². The fraction of sp³-hybridized carbons (Fsp3) is 0.250. The average Bonchev–Trinajstić information content (AvgIpc) is 3.57. The molecule has 0 saturated carbocycles. The lowest BCUT2D eigenvalue weighted by Crippen LogP contribution is -2.36. The molecule has 6 rings (SSSR count). The summed E-state index contributed by atoms with van der Waals surface area (Å²) in [4.78, 5) is 44.6. The minimum atomic E-state index is -2.94. The number of ether oxygens (including phenoxy) is 2. The Bertz CT molecular complexity index is 1760. The molecule has 2 N–H and O–H groups in total. The van der Waals surface area contributed by atoms with Crippen molar-refractivity contribution in [2.24, 2.45) is 0 Å². The summed E-state index contributed by atoms with van der Waals surface area (Å²) in [5.74, 6) is -3.33. The number of anilines is 1. The van der Waals surface area contributed by atoms with Gasteiger partial charge in [0.1, 0.15) is 16.8 Å². The summed E-state index contributed by atoms with van der Waals surface area (Å²) >= 11 is 1.42. The van der Waals surface area contributed by atoms with Crippen molar-refractivity contribution in [3.63, 3.8) is 0 Å². The molecular formula is C32H28F2N4O5S. The zero-order valence-electron chi connectivity index (χ0n) is 23.9. The lowest BCUT2D eigenvalue weighted by Gasteiger charge is -2.21. The Morgan fingerprint density at radius 3 is 2.68 bits per heavy atom. The quantitative estimate of drug-likeness (QED) is 0.253. The van der Waals surface area contributed by atoms with Crippen molar-refractivity contribution in [1.29, 1.82) is 0 Å². The Balaban J connectivity index is 1.09. The number of rotatable bonds is 7. The number of hydrogen-bond donors (Lipinski definition) is 2. The Morgan fingerprint density at radius 2 is 1.91 bits per heavy atom. The number of carbonyl (C=O) groups is 3. The third-order valence-corrected chi connectivity index (χ3v) is 8.71. The third-order valence-electron chi connectivity index (χ3n) is 7.67. The molecule has 44 heavy (non-hydrogen) atoms. The van der Waals surface area contributed by atoms with Crippen LogP contribution in [-0.4, -0.2) is 53.3 Å². The van der Waals surface area contributed by atoms with E-state index >= 15 is 0 Å². The summed E-state index contributed by atoms with van der Waals surface area (Å²) in [7, 11) is 1.20. The molecule has 9 nitrogen and oxygen atoms in total. The second-order valence-corrected chi connectivity index (χ2v) is 11.8. The van der Waals surface area contributed by atoms with Gasteiger partial charge in [-0.15, -0.1) is 11.3 Å². The molecule has 1 atom stereocenters. The number of nitrogens with zero attached hydrogens (tertiary/aromatic N) is 2. The number of benzene rings is 3. The Morgan fingerprint density at radius 1 is 1.14 bits per heavy atom.